The number of rotatable bonds is 5. The molecule has 2 aromatic carbocycles. The van der Waals surface area contributed by atoms with Gasteiger partial charge in [-0.3, -0.25) is 14.5 Å². The first-order valence-corrected chi connectivity index (χ1v) is 9.47. The molecule has 3 N–H and O–H groups in total. The Kier molecular flexibility index (Phi) is 5.48. The highest BCUT2D eigenvalue weighted by Gasteiger charge is 2.09. The minimum Gasteiger partial charge on any atom is -0.457 e. The number of nitrogens with zero attached hydrogens (tertiary/aromatic N) is 3. The zero-order valence-corrected chi connectivity index (χ0v) is 16.9. The minimum absolute atomic E-state index is 0.249. The quantitative estimate of drug-likeness (QED) is 0.459. The molecule has 9 nitrogen and oxygen atoms in total. The van der Waals surface area contributed by atoms with Gasteiger partial charge >= 0.3 is 6.03 Å². The molecule has 0 aliphatic heterocycles. The molecule has 3 amide bonds. The van der Waals surface area contributed by atoms with Gasteiger partial charge in [0.15, 0.2) is 0 Å². The van der Waals surface area contributed by atoms with Crippen LogP contribution in [0.1, 0.15) is 10.5 Å². The first-order valence-electron chi connectivity index (χ1n) is 9.47. The van der Waals surface area contributed by atoms with Crippen molar-refractivity contribution in [1.82, 2.24) is 20.1 Å². The van der Waals surface area contributed by atoms with Crippen molar-refractivity contribution in [1.29, 1.82) is 0 Å². The molecule has 2 heterocycles. The Labute approximate surface area is 178 Å². The average molecular weight is 416 g/mol. The zero-order valence-electron chi connectivity index (χ0n) is 16.9. The maximum absolute atomic E-state index is 12.4. The van der Waals surface area contributed by atoms with Crippen LogP contribution in [0.15, 0.2) is 67.0 Å². The second-order valence-corrected chi connectivity index (χ2v) is 6.71. The van der Waals surface area contributed by atoms with Crippen LogP contribution in [0.4, 0.5) is 16.2 Å². The van der Waals surface area contributed by atoms with Gasteiger partial charge in [0.05, 0.1) is 11.7 Å². The summed E-state index contributed by atoms with van der Waals surface area (Å²) >= 11 is 0. The highest BCUT2D eigenvalue weighted by Crippen LogP contribution is 2.25. The van der Waals surface area contributed by atoms with Gasteiger partial charge in [0.25, 0.3) is 5.91 Å². The number of aryl methyl sites for hydroxylation is 1. The van der Waals surface area contributed by atoms with Gasteiger partial charge in [0.1, 0.15) is 17.2 Å². The monoisotopic (exact) mass is 416 g/mol. The largest absolute Gasteiger partial charge is 0.457 e. The predicted molar refractivity (Wildman–Crippen MR) is 117 cm³/mol. The lowest BCUT2D eigenvalue weighted by molar-refractivity contribution is 0.0958. The smallest absolute Gasteiger partial charge is 0.323 e. The van der Waals surface area contributed by atoms with Crippen molar-refractivity contribution in [2.45, 2.75) is 0 Å². The number of carbonyl (C=O) groups is 2. The van der Waals surface area contributed by atoms with Gasteiger partial charge in [-0.25, -0.2) is 4.79 Å². The summed E-state index contributed by atoms with van der Waals surface area (Å²) in [7, 11) is 3.40. The SMILES string of the molecule is CNC(=O)c1cc(Oc2cccc(NC(=O)Nc3ccc4c(cnn4C)c3)c2)ccn1. The summed E-state index contributed by atoms with van der Waals surface area (Å²) < 4.78 is 7.57. The van der Waals surface area contributed by atoms with E-state index in [1.165, 1.54) is 13.2 Å². The number of urea groups is 1. The van der Waals surface area contributed by atoms with Gasteiger partial charge in [0, 0.05) is 49.2 Å². The highest BCUT2D eigenvalue weighted by atomic mass is 16.5. The molecule has 0 fully saturated rings. The summed E-state index contributed by atoms with van der Waals surface area (Å²) in [5.41, 5.74) is 2.44. The summed E-state index contributed by atoms with van der Waals surface area (Å²) in [5, 5.41) is 13.2. The van der Waals surface area contributed by atoms with Crippen LogP contribution >= 0.6 is 0 Å². The van der Waals surface area contributed by atoms with E-state index in [0.29, 0.717) is 22.9 Å². The van der Waals surface area contributed by atoms with Gasteiger partial charge in [-0.1, -0.05) is 6.07 Å². The number of ether oxygens (including phenoxy) is 1. The molecule has 9 heteroatoms. The molecule has 0 saturated heterocycles. The van der Waals surface area contributed by atoms with Gasteiger partial charge < -0.3 is 20.7 Å². The maximum atomic E-state index is 12.4. The fraction of sp³-hybridized carbons (Fsp3) is 0.0909. The van der Waals surface area contributed by atoms with Gasteiger partial charge in [0.2, 0.25) is 0 Å². The van der Waals surface area contributed by atoms with Gasteiger partial charge in [-0.05, 0) is 36.4 Å². The molecule has 0 spiro atoms. The number of amides is 3. The van der Waals surface area contributed by atoms with Crippen LogP contribution in [0.25, 0.3) is 10.9 Å². The van der Waals surface area contributed by atoms with E-state index in [-0.39, 0.29) is 17.6 Å². The number of hydrogen-bond donors (Lipinski definition) is 3. The number of carbonyl (C=O) groups excluding carboxylic acids is 2. The summed E-state index contributed by atoms with van der Waals surface area (Å²) in [4.78, 5) is 28.1. The molecule has 156 valence electrons. The number of pyridine rings is 1. The number of aromatic nitrogens is 3. The van der Waals surface area contributed by atoms with Crippen molar-refractivity contribution in [3.63, 3.8) is 0 Å². The van der Waals surface area contributed by atoms with Crippen LogP contribution in [0.5, 0.6) is 11.5 Å². The first-order chi connectivity index (χ1) is 15.0. The molecule has 0 bridgehead atoms. The summed E-state index contributed by atoms with van der Waals surface area (Å²) in [5.74, 6) is 0.658. The minimum atomic E-state index is -0.383. The van der Waals surface area contributed by atoms with Crippen LogP contribution in [-0.2, 0) is 7.05 Å². The summed E-state index contributed by atoms with van der Waals surface area (Å²) in [6.07, 6.45) is 3.24. The second kappa shape index (κ2) is 8.54. The maximum Gasteiger partial charge on any atom is 0.323 e. The van der Waals surface area contributed by atoms with E-state index in [2.05, 4.69) is 26.0 Å². The Morgan fingerprint density at radius 1 is 0.968 bits per heavy atom. The van der Waals surface area contributed by atoms with Crippen LogP contribution in [-0.4, -0.2) is 33.8 Å². The third-order valence-electron chi connectivity index (χ3n) is 4.52. The number of nitrogens with one attached hydrogen (secondary N) is 3. The van der Waals surface area contributed by atoms with E-state index in [9.17, 15) is 9.59 Å². The number of hydrogen-bond acceptors (Lipinski definition) is 5. The normalized spacial score (nSPS) is 10.5. The van der Waals surface area contributed by atoms with E-state index < -0.39 is 0 Å². The van der Waals surface area contributed by atoms with Crippen molar-refractivity contribution in [2.24, 2.45) is 7.05 Å². The molecule has 31 heavy (non-hydrogen) atoms. The lowest BCUT2D eigenvalue weighted by Crippen LogP contribution is -2.19. The summed E-state index contributed by atoms with van der Waals surface area (Å²) in [6, 6.07) is 15.3. The molecule has 2 aromatic heterocycles. The van der Waals surface area contributed by atoms with Crippen molar-refractivity contribution < 1.29 is 14.3 Å². The third-order valence-corrected chi connectivity index (χ3v) is 4.52. The number of fused-ring (bicyclic) bond motifs is 1. The summed E-state index contributed by atoms with van der Waals surface area (Å²) in [6.45, 7) is 0. The molecule has 0 saturated carbocycles. The Morgan fingerprint density at radius 3 is 2.55 bits per heavy atom. The van der Waals surface area contributed by atoms with Crippen molar-refractivity contribution in [3.8, 4) is 11.5 Å². The lowest BCUT2D eigenvalue weighted by atomic mass is 10.2. The Bertz CT molecular complexity index is 1270. The van der Waals surface area contributed by atoms with Gasteiger partial charge in [-0.15, -0.1) is 0 Å². The van der Waals surface area contributed by atoms with Crippen molar-refractivity contribution in [2.75, 3.05) is 17.7 Å². The molecule has 0 unspecified atom stereocenters. The third kappa shape index (κ3) is 4.61. The van der Waals surface area contributed by atoms with Crippen LogP contribution in [0.3, 0.4) is 0 Å². The number of benzene rings is 2. The van der Waals surface area contributed by atoms with E-state index in [1.807, 2.05) is 25.2 Å². The Morgan fingerprint density at radius 2 is 1.74 bits per heavy atom. The van der Waals surface area contributed by atoms with Crippen molar-refractivity contribution in [3.05, 3.63) is 72.7 Å². The van der Waals surface area contributed by atoms with Crippen LogP contribution in [0, 0.1) is 0 Å². The molecule has 4 rings (SSSR count). The lowest BCUT2D eigenvalue weighted by Gasteiger charge is -2.10. The standard InChI is InChI=1S/C22H20N6O3/c1-23-21(29)19-12-18(8-9-24-19)31-17-5-3-4-15(11-17)26-22(30)27-16-6-7-20-14(10-16)13-25-28(20)2/h3-13H,1-2H3,(H,23,29)(H2,26,27,30). The number of anilines is 2. The fourth-order valence-corrected chi connectivity index (χ4v) is 3.04. The molecular weight excluding hydrogens is 396 g/mol. The van der Waals surface area contributed by atoms with Gasteiger partial charge in [-0.2, -0.15) is 5.10 Å². The van der Waals surface area contributed by atoms with Crippen LogP contribution < -0.4 is 20.7 Å². The highest BCUT2D eigenvalue weighted by molar-refractivity contribution is 6.01. The molecular formula is C22H20N6O3. The predicted octanol–water partition coefficient (Wildman–Crippen LogP) is 3.76. The first kappa shape index (κ1) is 19.9. The molecule has 0 radical (unpaired) electrons. The van der Waals surface area contributed by atoms with E-state index in [4.69, 9.17) is 4.74 Å². The fourth-order valence-electron chi connectivity index (χ4n) is 3.04. The zero-order chi connectivity index (χ0) is 21.8. The molecule has 4 aromatic rings. The Hall–Kier alpha value is -4.40. The Balaban J connectivity index is 1.43. The molecule has 0 aliphatic rings. The van der Waals surface area contributed by atoms with E-state index in [1.54, 1.807) is 47.3 Å². The van der Waals surface area contributed by atoms with E-state index >= 15 is 0 Å². The molecule has 0 atom stereocenters. The topological polar surface area (TPSA) is 110 Å². The van der Waals surface area contributed by atoms with Crippen LogP contribution in [0.2, 0.25) is 0 Å². The van der Waals surface area contributed by atoms with Crippen molar-refractivity contribution >= 4 is 34.2 Å². The van der Waals surface area contributed by atoms with E-state index in [0.717, 1.165) is 10.9 Å². The second-order valence-electron chi connectivity index (χ2n) is 6.71. The average Bonchev–Trinajstić information content (AvgIpc) is 3.13. The molecule has 0 aliphatic carbocycles.